The lowest BCUT2D eigenvalue weighted by molar-refractivity contribution is -0.111. The molecule has 0 atom stereocenters. The molecule has 0 fully saturated rings. The lowest BCUT2D eigenvalue weighted by Crippen LogP contribution is -2.07. The van der Waals surface area contributed by atoms with E-state index in [2.05, 4.69) is 24.1 Å². The summed E-state index contributed by atoms with van der Waals surface area (Å²) in [5.74, 6) is 1.80. The van der Waals surface area contributed by atoms with E-state index in [4.69, 9.17) is 9.47 Å². The molecule has 6 heteroatoms. The molecule has 1 amide bonds. The highest BCUT2D eigenvalue weighted by molar-refractivity contribution is 7.15. The van der Waals surface area contributed by atoms with Gasteiger partial charge in [-0.15, -0.1) is 11.3 Å². The van der Waals surface area contributed by atoms with E-state index in [1.165, 1.54) is 23.8 Å². The number of hydrogen-bond donors (Lipinski definition) is 1. The van der Waals surface area contributed by atoms with Crippen molar-refractivity contribution in [3.63, 3.8) is 0 Å². The van der Waals surface area contributed by atoms with Crippen LogP contribution in [0.4, 0.5) is 5.13 Å². The Hall–Kier alpha value is -2.34. The fraction of sp³-hybridized carbons (Fsp3) is 0.455. The molecule has 0 radical (unpaired) electrons. The van der Waals surface area contributed by atoms with Gasteiger partial charge in [0.15, 0.2) is 16.6 Å². The Labute approximate surface area is 170 Å². The molecule has 2 aromatic rings. The van der Waals surface area contributed by atoms with Crippen LogP contribution in [0, 0.1) is 5.92 Å². The Morgan fingerprint density at radius 1 is 1.29 bits per heavy atom. The van der Waals surface area contributed by atoms with E-state index in [9.17, 15) is 4.79 Å². The monoisotopic (exact) mass is 400 g/mol. The van der Waals surface area contributed by atoms with Crippen molar-refractivity contribution < 1.29 is 14.3 Å². The SMILES string of the molecule is COc1cc(/C=C/C(=O)Nc2nc3c(s2)CCCC3)ccc1OCCC(C)C. The van der Waals surface area contributed by atoms with Crippen LogP contribution in [-0.2, 0) is 17.6 Å². The fourth-order valence-corrected chi connectivity index (χ4v) is 4.09. The van der Waals surface area contributed by atoms with Gasteiger partial charge in [-0.05, 0) is 61.8 Å². The highest BCUT2D eigenvalue weighted by Crippen LogP contribution is 2.30. The number of benzene rings is 1. The van der Waals surface area contributed by atoms with Gasteiger partial charge in [0.25, 0.3) is 0 Å². The zero-order chi connectivity index (χ0) is 19.9. The zero-order valence-electron chi connectivity index (χ0n) is 16.8. The summed E-state index contributed by atoms with van der Waals surface area (Å²) >= 11 is 1.59. The lowest BCUT2D eigenvalue weighted by atomic mass is 10.0. The fourth-order valence-electron chi connectivity index (χ4n) is 3.04. The molecule has 1 aliphatic carbocycles. The van der Waals surface area contributed by atoms with Crippen LogP contribution in [0.5, 0.6) is 11.5 Å². The number of thiazole rings is 1. The summed E-state index contributed by atoms with van der Waals surface area (Å²) in [5, 5.41) is 3.56. The quantitative estimate of drug-likeness (QED) is 0.626. The van der Waals surface area contributed by atoms with Crippen molar-refractivity contribution in [1.82, 2.24) is 4.98 Å². The number of hydrogen-bond acceptors (Lipinski definition) is 5. The predicted octanol–water partition coefficient (Wildman–Crippen LogP) is 5.11. The number of anilines is 1. The van der Waals surface area contributed by atoms with Gasteiger partial charge >= 0.3 is 0 Å². The lowest BCUT2D eigenvalue weighted by Gasteiger charge is -2.12. The molecule has 1 aromatic carbocycles. The molecule has 28 heavy (non-hydrogen) atoms. The van der Waals surface area contributed by atoms with Gasteiger partial charge < -0.3 is 9.47 Å². The van der Waals surface area contributed by atoms with Gasteiger partial charge in [-0.2, -0.15) is 0 Å². The number of aryl methyl sites for hydroxylation is 2. The molecule has 3 rings (SSSR count). The molecular weight excluding hydrogens is 372 g/mol. The standard InChI is InChI=1S/C22H28N2O3S/c1-15(2)12-13-27-18-10-8-16(14-19(18)26-3)9-11-21(25)24-22-23-17-6-4-5-7-20(17)28-22/h8-11,14-15H,4-7,12-13H2,1-3H3,(H,23,24,25)/b11-9+. The van der Waals surface area contributed by atoms with E-state index in [0.717, 1.165) is 36.3 Å². The van der Waals surface area contributed by atoms with Gasteiger partial charge in [-0.1, -0.05) is 19.9 Å². The van der Waals surface area contributed by atoms with Gasteiger partial charge in [0.05, 0.1) is 19.4 Å². The number of carbonyl (C=O) groups excluding carboxylic acids is 1. The summed E-state index contributed by atoms with van der Waals surface area (Å²) in [6.45, 7) is 4.99. The maximum Gasteiger partial charge on any atom is 0.250 e. The van der Waals surface area contributed by atoms with Crippen LogP contribution in [-0.4, -0.2) is 24.6 Å². The van der Waals surface area contributed by atoms with Gasteiger partial charge in [0, 0.05) is 11.0 Å². The Kier molecular flexibility index (Phi) is 7.09. The van der Waals surface area contributed by atoms with E-state index in [1.54, 1.807) is 24.5 Å². The Balaban J connectivity index is 1.59. The molecule has 0 saturated heterocycles. The second kappa shape index (κ2) is 9.73. The molecule has 0 aliphatic heterocycles. The van der Waals surface area contributed by atoms with Crippen molar-refractivity contribution in [1.29, 1.82) is 0 Å². The van der Waals surface area contributed by atoms with E-state index in [-0.39, 0.29) is 5.91 Å². The third-order valence-electron chi connectivity index (χ3n) is 4.64. The van der Waals surface area contributed by atoms with Crippen molar-refractivity contribution in [3.8, 4) is 11.5 Å². The third-order valence-corrected chi connectivity index (χ3v) is 5.72. The van der Waals surface area contributed by atoms with E-state index in [0.29, 0.717) is 23.4 Å². The smallest absolute Gasteiger partial charge is 0.250 e. The number of methoxy groups -OCH3 is 1. The molecule has 1 heterocycles. The van der Waals surface area contributed by atoms with Gasteiger partial charge in [0.1, 0.15) is 0 Å². The number of nitrogens with one attached hydrogen (secondary N) is 1. The van der Waals surface area contributed by atoms with Crippen molar-refractivity contribution >= 4 is 28.5 Å². The van der Waals surface area contributed by atoms with Crippen LogP contribution in [0.2, 0.25) is 0 Å². The summed E-state index contributed by atoms with van der Waals surface area (Å²) in [4.78, 5) is 18.1. The minimum Gasteiger partial charge on any atom is -0.493 e. The molecule has 0 saturated carbocycles. The topological polar surface area (TPSA) is 60.5 Å². The Morgan fingerprint density at radius 3 is 2.86 bits per heavy atom. The van der Waals surface area contributed by atoms with E-state index in [1.807, 2.05) is 18.2 Å². The summed E-state index contributed by atoms with van der Waals surface area (Å²) in [6.07, 6.45) is 8.76. The minimum absolute atomic E-state index is 0.178. The average Bonchev–Trinajstić information content (AvgIpc) is 3.08. The summed E-state index contributed by atoms with van der Waals surface area (Å²) in [5.41, 5.74) is 2.02. The van der Waals surface area contributed by atoms with E-state index >= 15 is 0 Å². The van der Waals surface area contributed by atoms with Gasteiger partial charge in [-0.3, -0.25) is 10.1 Å². The molecule has 0 spiro atoms. The Bertz CT molecular complexity index is 819. The number of fused-ring (bicyclic) bond motifs is 1. The first-order valence-corrected chi connectivity index (χ1v) is 10.7. The van der Waals surface area contributed by atoms with Crippen LogP contribution < -0.4 is 14.8 Å². The van der Waals surface area contributed by atoms with Crippen molar-refractivity contribution in [2.75, 3.05) is 19.0 Å². The first-order valence-electron chi connectivity index (χ1n) is 9.83. The molecule has 0 bridgehead atoms. The van der Waals surface area contributed by atoms with Gasteiger partial charge in [-0.25, -0.2) is 4.98 Å². The maximum atomic E-state index is 12.2. The largest absolute Gasteiger partial charge is 0.493 e. The highest BCUT2D eigenvalue weighted by atomic mass is 32.1. The first-order chi connectivity index (χ1) is 13.5. The molecule has 1 N–H and O–H groups in total. The minimum atomic E-state index is -0.178. The van der Waals surface area contributed by atoms with Crippen LogP contribution in [0.15, 0.2) is 24.3 Å². The van der Waals surface area contributed by atoms with Gasteiger partial charge in [0.2, 0.25) is 5.91 Å². The first kappa shape index (κ1) is 20.4. The predicted molar refractivity (Wildman–Crippen MR) is 114 cm³/mol. The van der Waals surface area contributed by atoms with Crippen LogP contribution >= 0.6 is 11.3 Å². The molecule has 0 unspecified atom stereocenters. The summed E-state index contributed by atoms with van der Waals surface area (Å²) < 4.78 is 11.2. The molecular formula is C22H28N2O3S. The van der Waals surface area contributed by atoms with Crippen molar-refractivity contribution in [2.45, 2.75) is 46.0 Å². The number of amides is 1. The second-order valence-corrected chi connectivity index (χ2v) is 8.44. The Morgan fingerprint density at radius 2 is 2.11 bits per heavy atom. The second-order valence-electron chi connectivity index (χ2n) is 7.36. The van der Waals surface area contributed by atoms with Crippen molar-refractivity contribution in [3.05, 3.63) is 40.4 Å². The molecule has 1 aromatic heterocycles. The van der Waals surface area contributed by atoms with Crippen LogP contribution in [0.1, 0.15) is 49.2 Å². The van der Waals surface area contributed by atoms with Crippen molar-refractivity contribution in [2.24, 2.45) is 5.92 Å². The maximum absolute atomic E-state index is 12.2. The molecule has 1 aliphatic rings. The normalized spacial score (nSPS) is 13.6. The summed E-state index contributed by atoms with van der Waals surface area (Å²) in [6, 6.07) is 5.67. The highest BCUT2D eigenvalue weighted by Gasteiger charge is 2.15. The number of aromatic nitrogens is 1. The summed E-state index contributed by atoms with van der Waals surface area (Å²) in [7, 11) is 1.62. The average molecular weight is 401 g/mol. The third kappa shape index (κ3) is 5.58. The number of ether oxygens (including phenoxy) is 2. The molecule has 150 valence electrons. The number of carbonyl (C=O) groups is 1. The zero-order valence-corrected chi connectivity index (χ0v) is 17.6. The van der Waals surface area contributed by atoms with E-state index < -0.39 is 0 Å². The molecule has 5 nitrogen and oxygen atoms in total. The van der Waals surface area contributed by atoms with Crippen LogP contribution in [0.3, 0.4) is 0 Å². The number of nitrogens with zero attached hydrogens (tertiary/aromatic N) is 1. The van der Waals surface area contributed by atoms with Crippen LogP contribution in [0.25, 0.3) is 6.08 Å². The number of rotatable bonds is 8.